The molecule has 0 spiro atoms. The maximum Gasteiger partial charge on any atom is 0.336 e. The van der Waals surface area contributed by atoms with Crippen LogP contribution in [0, 0.1) is 5.82 Å². The Bertz CT molecular complexity index is 1510. The van der Waals surface area contributed by atoms with E-state index >= 15 is 0 Å². The number of urea groups is 1. The lowest BCUT2D eigenvalue weighted by molar-refractivity contribution is -0.122. The first-order chi connectivity index (χ1) is 18.7. The highest BCUT2D eigenvalue weighted by Gasteiger charge is 2.38. The topological polar surface area (TPSA) is 123 Å². The smallest absolute Gasteiger partial charge is 0.336 e. The molecule has 0 unspecified atom stereocenters. The van der Waals surface area contributed by atoms with Gasteiger partial charge in [-0.3, -0.25) is 19.7 Å². The minimum Gasteiger partial charge on any atom is -0.497 e. The molecule has 0 saturated carbocycles. The number of halogens is 2. The number of carbonyl (C=O) groups excluding carboxylic acids is 4. The number of methoxy groups -OCH3 is 2. The van der Waals surface area contributed by atoms with E-state index in [9.17, 15) is 23.6 Å². The molecule has 3 aromatic rings. The van der Waals surface area contributed by atoms with Gasteiger partial charge in [0.25, 0.3) is 17.7 Å². The number of para-hydroxylation sites is 1. The average molecular weight is 554 g/mol. The molecule has 3 aromatic carbocycles. The van der Waals surface area contributed by atoms with Gasteiger partial charge < -0.3 is 19.5 Å². The highest BCUT2D eigenvalue weighted by molar-refractivity contribution is 6.39. The SMILES string of the molecule is COc1ccc(N2C(=O)NC(=O)/C(=C\c3ccc(OCC(=O)Nc4ccccc4F)c(Cl)c3)C2=O)c(OC)c1. The van der Waals surface area contributed by atoms with Gasteiger partial charge in [0, 0.05) is 6.07 Å². The normalized spacial score (nSPS) is 14.2. The Morgan fingerprint density at radius 2 is 1.79 bits per heavy atom. The number of ether oxygens (including phenoxy) is 3. The third kappa shape index (κ3) is 5.99. The predicted octanol–water partition coefficient (Wildman–Crippen LogP) is 4.18. The van der Waals surface area contributed by atoms with E-state index in [4.69, 9.17) is 25.8 Å². The lowest BCUT2D eigenvalue weighted by Crippen LogP contribution is -2.54. The zero-order valence-electron chi connectivity index (χ0n) is 20.6. The summed E-state index contributed by atoms with van der Waals surface area (Å²) in [5, 5.41) is 4.60. The number of carbonyl (C=O) groups is 4. The number of anilines is 2. The Hall–Kier alpha value is -4.90. The standard InChI is InChI=1S/C27H21ClFN3O7/c1-37-16-8-9-21(23(13-16)38-2)32-26(35)17(25(34)31-27(32)36)11-15-7-10-22(18(28)12-15)39-14-24(33)30-20-6-4-3-5-19(20)29/h3-13H,14H2,1-2H3,(H,30,33)(H,31,34,36)/b17-11+. The number of amides is 5. The van der Waals surface area contributed by atoms with Crippen molar-refractivity contribution in [2.45, 2.75) is 0 Å². The summed E-state index contributed by atoms with van der Waals surface area (Å²) in [6.07, 6.45) is 1.26. The number of hydrogen-bond donors (Lipinski definition) is 2. The number of barbiturate groups is 1. The average Bonchev–Trinajstić information content (AvgIpc) is 2.91. The second-order valence-corrected chi connectivity index (χ2v) is 8.41. The van der Waals surface area contributed by atoms with Crippen LogP contribution in [0.15, 0.2) is 66.2 Å². The van der Waals surface area contributed by atoms with Gasteiger partial charge in [0.05, 0.1) is 30.6 Å². The molecule has 1 fully saturated rings. The highest BCUT2D eigenvalue weighted by Crippen LogP contribution is 2.34. The minimum atomic E-state index is -0.943. The fourth-order valence-corrected chi connectivity index (χ4v) is 3.87. The first-order valence-electron chi connectivity index (χ1n) is 11.3. The van der Waals surface area contributed by atoms with Crippen LogP contribution in [0.2, 0.25) is 5.02 Å². The summed E-state index contributed by atoms with van der Waals surface area (Å²) in [5.41, 5.74) is 0.128. The molecule has 0 radical (unpaired) electrons. The van der Waals surface area contributed by atoms with Gasteiger partial charge in [-0.2, -0.15) is 0 Å². The van der Waals surface area contributed by atoms with Crippen LogP contribution < -0.4 is 29.7 Å². The lowest BCUT2D eigenvalue weighted by atomic mass is 10.1. The molecule has 1 saturated heterocycles. The Balaban J connectivity index is 1.52. The molecule has 39 heavy (non-hydrogen) atoms. The predicted molar refractivity (Wildman–Crippen MR) is 141 cm³/mol. The summed E-state index contributed by atoms with van der Waals surface area (Å²) < 4.78 is 29.6. The molecule has 1 aliphatic heterocycles. The first-order valence-corrected chi connectivity index (χ1v) is 11.7. The Labute approximate surface area is 226 Å². The van der Waals surface area contributed by atoms with Crippen LogP contribution in [0.3, 0.4) is 0 Å². The van der Waals surface area contributed by atoms with E-state index in [1.54, 1.807) is 6.07 Å². The maximum atomic E-state index is 13.7. The van der Waals surface area contributed by atoms with Gasteiger partial charge in [0.15, 0.2) is 6.61 Å². The van der Waals surface area contributed by atoms with Crippen LogP contribution in [-0.2, 0) is 14.4 Å². The van der Waals surface area contributed by atoms with Crippen LogP contribution in [0.1, 0.15) is 5.56 Å². The molecule has 2 N–H and O–H groups in total. The number of rotatable bonds is 8. The van der Waals surface area contributed by atoms with Gasteiger partial charge in [-0.15, -0.1) is 0 Å². The fraction of sp³-hybridized carbons (Fsp3) is 0.111. The van der Waals surface area contributed by atoms with Gasteiger partial charge in [0.2, 0.25) is 0 Å². The highest BCUT2D eigenvalue weighted by atomic mass is 35.5. The van der Waals surface area contributed by atoms with Crippen LogP contribution in [-0.4, -0.2) is 44.6 Å². The summed E-state index contributed by atoms with van der Waals surface area (Å²) in [6.45, 7) is -0.448. The van der Waals surface area contributed by atoms with E-state index in [1.165, 1.54) is 74.9 Å². The van der Waals surface area contributed by atoms with Crippen LogP contribution in [0.5, 0.6) is 17.2 Å². The molecule has 5 amide bonds. The van der Waals surface area contributed by atoms with Crippen molar-refractivity contribution in [3.05, 3.63) is 82.6 Å². The zero-order valence-corrected chi connectivity index (χ0v) is 21.4. The minimum absolute atomic E-state index is 0.00869. The van der Waals surface area contributed by atoms with Crippen molar-refractivity contribution in [2.24, 2.45) is 0 Å². The molecule has 12 heteroatoms. The van der Waals surface area contributed by atoms with Crippen molar-refractivity contribution < 1.29 is 37.8 Å². The Morgan fingerprint density at radius 1 is 1.03 bits per heavy atom. The molecule has 0 bridgehead atoms. The van der Waals surface area contributed by atoms with Crippen molar-refractivity contribution >= 4 is 52.8 Å². The van der Waals surface area contributed by atoms with E-state index in [0.29, 0.717) is 11.3 Å². The molecule has 0 aromatic heterocycles. The van der Waals surface area contributed by atoms with E-state index in [0.717, 1.165) is 4.90 Å². The molecule has 200 valence electrons. The second-order valence-electron chi connectivity index (χ2n) is 8.00. The third-order valence-corrected chi connectivity index (χ3v) is 5.80. The monoisotopic (exact) mass is 553 g/mol. The molecular weight excluding hydrogens is 533 g/mol. The van der Waals surface area contributed by atoms with E-state index in [-0.39, 0.29) is 33.5 Å². The number of benzene rings is 3. The summed E-state index contributed by atoms with van der Waals surface area (Å²) >= 11 is 6.28. The van der Waals surface area contributed by atoms with Crippen LogP contribution >= 0.6 is 11.6 Å². The van der Waals surface area contributed by atoms with Gasteiger partial charge in [-0.25, -0.2) is 14.1 Å². The van der Waals surface area contributed by atoms with E-state index in [1.807, 2.05) is 0 Å². The van der Waals surface area contributed by atoms with E-state index in [2.05, 4.69) is 10.6 Å². The zero-order chi connectivity index (χ0) is 28.1. The second kappa shape index (κ2) is 11.7. The van der Waals surface area contributed by atoms with Crippen LogP contribution in [0.4, 0.5) is 20.6 Å². The molecule has 10 nitrogen and oxygen atoms in total. The van der Waals surface area contributed by atoms with Crippen LogP contribution in [0.25, 0.3) is 6.08 Å². The number of nitrogens with zero attached hydrogens (tertiary/aromatic N) is 1. The molecule has 1 aliphatic rings. The summed E-state index contributed by atoms with van der Waals surface area (Å²) in [6, 6.07) is 13.6. The molecule has 1 heterocycles. The number of imide groups is 2. The third-order valence-electron chi connectivity index (χ3n) is 5.50. The van der Waals surface area contributed by atoms with Crippen molar-refractivity contribution in [3.63, 3.8) is 0 Å². The molecule has 0 aliphatic carbocycles. The molecule has 0 atom stereocenters. The summed E-state index contributed by atoms with van der Waals surface area (Å²) in [4.78, 5) is 51.2. The lowest BCUT2D eigenvalue weighted by Gasteiger charge is -2.27. The van der Waals surface area contributed by atoms with E-state index < -0.39 is 36.2 Å². The fourth-order valence-electron chi connectivity index (χ4n) is 3.63. The summed E-state index contributed by atoms with van der Waals surface area (Å²) in [5.74, 6) is -2.21. The quantitative estimate of drug-likeness (QED) is 0.317. The van der Waals surface area contributed by atoms with Crippen molar-refractivity contribution in [2.75, 3.05) is 31.0 Å². The molecular formula is C27H21ClFN3O7. The van der Waals surface area contributed by atoms with Crippen molar-refractivity contribution in [1.82, 2.24) is 5.32 Å². The maximum absolute atomic E-state index is 13.7. The summed E-state index contributed by atoms with van der Waals surface area (Å²) in [7, 11) is 2.82. The molecule has 4 rings (SSSR count). The Morgan fingerprint density at radius 3 is 2.49 bits per heavy atom. The Kier molecular flexibility index (Phi) is 8.11. The first kappa shape index (κ1) is 27.1. The number of nitrogens with one attached hydrogen (secondary N) is 2. The number of hydrogen-bond acceptors (Lipinski definition) is 7. The van der Waals surface area contributed by atoms with Gasteiger partial charge in [0.1, 0.15) is 28.6 Å². The van der Waals surface area contributed by atoms with Gasteiger partial charge in [-0.1, -0.05) is 29.8 Å². The van der Waals surface area contributed by atoms with Crippen molar-refractivity contribution in [3.8, 4) is 17.2 Å². The van der Waals surface area contributed by atoms with Crippen molar-refractivity contribution in [1.29, 1.82) is 0 Å². The van der Waals surface area contributed by atoms with Gasteiger partial charge >= 0.3 is 6.03 Å². The van der Waals surface area contributed by atoms with Gasteiger partial charge in [-0.05, 0) is 48.0 Å². The largest absolute Gasteiger partial charge is 0.497 e.